The average molecular weight is 1440 g/mol. The van der Waals surface area contributed by atoms with Crippen molar-refractivity contribution in [2.24, 2.45) is 11.3 Å². The van der Waals surface area contributed by atoms with Crippen LogP contribution in [0.4, 0.5) is 0 Å². The summed E-state index contributed by atoms with van der Waals surface area (Å²) < 4.78 is 142. The summed E-state index contributed by atoms with van der Waals surface area (Å²) in [6.07, 6.45) is -5.54. The molecule has 0 bridgehead atoms. The van der Waals surface area contributed by atoms with Gasteiger partial charge in [-0.2, -0.15) is 0 Å². The van der Waals surface area contributed by atoms with Crippen LogP contribution in [0.25, 0.3) is 0 Å². The first-order valence-electron chi connectivity index (χ1n) is 30.9. The third-order valence-electron chi connectivity index (χ3n) is 13.1. The topological polar surface area (TPSA) is 506 Å². The zero-order chi connectivity index (χ0) is 69.4. The van der Waals surface area contributed by atoms with Crippen LogP contribution in [0.1, 0.15) is 104 Å². The number of carbonyl (C=O) groups excluding carboxylic acids is 2. The van der Waals surface area contributed by atoms with Gasteiger partial charge in [0.15, 0.2) is 12.5 Å². The molecule has 1 aliphatic rings. The minimum atomic E-state index is -4.81. The van der Waals surface area contributed by atoms with E-state index in [1.165, 1.54) is 20.8 Å². The molecule has 0 radical (unpaired) electrons. The second-order valence-electron chi connectivity index (χ2n) is 21.6. The number of methoxy groups -OCH3 is 1. The fraction of sp³-hybridized carbons (Fsp3) is 0.962. The molecule has 0 aromatic rings. The molecule has 1 aliphatic heterocycles. The highest BCUT2D eigenvalue weighted by molar-refractivity contribution is 7.47. The number of ether oxygens (including phenoxy) is 10. The quantitative estimate of drug-likeness (QED) is 0.0229. The molecule has 13 N–H and O–H groups in total. The minimum Gasteiger partial charge on any atom is -0.396 e. The van der Waals surface area contributed by atoms with Gasteiger partial charge in [0, 0.05) is 84.3 Å². The van der Waals surface area contributed by atoms with E-state index in [9.17, 15) is 78.3 Å². The number of aliphatic hydroxyl groups excluding tert-OH is 7. The maximum atomic E-state index is 13.3. The van der Waals surface area contributed by atoms with E-state index >= 15 is 0 Å². The van der Waals surface area contributed by atoms with Crippen LogP contribution in [0.3, 0.4) is 0 Å². The molecule has 552 valence electrons. The lowest BCUT2D eigenvalue weighted by molar-refractivity contribution is -0.270. The molecule has 0 aromatic carbocycles. The van der Waals surface area contributed by atoms with Crippen LogP contribution in [0.15, 0.2) is 0 Å². The van der Waals surface area contributed by atoms with Crippen LogP contribution in [0.2, 0.25) is 0 Å². The molecule has 1 fully saturated rings. The first kappa shape index (κ1) is 89.6. The number of aliphatic hydroxyl groups is 7. The molecule has 13 unspecified atom stereocenters. The van der Waals surface area contributed by atoms with Crippen LogP contribution in [-0.2, 0) is 107 Å². The highest BCUT2D eigenvalue weighted by Crippen LogP contribution is 2.46. The monoisotopic (exact) mass is 1440 g/mol. The summed E-state index contributed by atoms with van der Waals surface area (Å²) in [5, 5.41) is 74.2. The van der Waals surface area contributed by atoms with E-state index in [0.29, 0.717) is 71.0 Å². The molecule has 0 spiro atoms. The Bertz CT molecular complexity index is 2070. The summed E-state index contributed by atoms with van der Waals surface area (Å²) >= 11 is 0. The van der Waals surface area contributed by atoms with Gasteiger partial charge >= 0.3 is 31.7 Å². The van der Waals surface area contributed by atoms with Crippen LogP contribution >= 0.6 is 31.7 Å². The Labute approximate surface area is 544 Å². The second-order valence-corrected chi connectivity index (χ2v) is 26.7. The van der Waals surface area contributed by atoms with Gasteiger partial charge in [-0.3, -0.25) is 36.7 Å². The third kappa shape index (κ3) is 45.8. The maximum absolute atomic E-state index is 13.3. The molecule has 0 aromatic heterocycles. The average Bonchev–Trinajstić information content (AvgIpc) is 0.837. The standard InChI is InChI=1S/C53H106N2O34P4/c1-41(59)45(33-57)88-52(50(64)55-43(3)61)80-25-10-6-8-12-28-83-92(69,70)85-31-17-23-78-39-53(37-76-21-14-26-81-90(65)66,40-87-93(71,72)86-29-15-20-75-36-44(32-56)35-74-19-13-18-73-4)38-77-22-16-30-84-91(67,68)82-27-11-7-5-9-24-79-51-47(54-42(2)60)49(63)48(62)46(34-58)89-51/h41,44-52,56-59,62-64H,5-40H2,1-4H3,(H5-,54,55,60,61,65,66,67,68,69,70,71,72)/p+1/t41-,44?,45?,46?,47?,48?,49?,50+,51?,52?,53?/m1/s1. The van der Waals surface area contributed by atoms with E-state index in [2.05, 4.69) is 10.6 Å². The summed E-state index contributed by atoms with van der Waals surface area (Å²) in [5.41, 5.74) is -1.41. The largest absolute Gasteiger partial charge is 0.694 e. The van der Waals surface area contributed by atoms with Gasteiger partial charge in [-0.25, -0.2) is 13.7 Å². The Kier molecular flexibility index (Phi) is 51.6. The van der Waals surface area contributed by atoms with Crippen molar-refractivity contribution >= 4 is 43.5 Å². The number of hydrogen-bond acceptors (Lipinski definition) is 30. The number of nitrogens with one attached hydrogen (secondary N) is 2. The van der Waals surface area contributed by atoms with E-state index in [-0.39, 0.29) is 151 Å². The fourth-order valence-electron chi connectivity index (χ4n) is 8.18. The highest BCUT2D eigenvalue weighted by Gasteiger charge is 2.45. The van der Waals surface area contributed by atoms with E-state index in [0.717, 1.165) is 0 Å². The van der Waals surface area contributed by atoms with Crippen molar-refractivity contribution in [3.63, 3.8) is 0 Å². The number of hydrogen-bond donors (Lipinski definition) is 13. The van der Waals surface area contributed by atoms with Crippen LogP contribution in [-0.4, -0.2) is 282 Å². The number of unbranched alkanes of at least 4 members (excludes halogenated alkanes) is 6. The smallest absolute Gasteiger partial charge is 0.396 e. The third-order valence-corrected chi connectivity index (χ3v) is 16.5. The molecule has 0 saturated carbocycles. The van der Waals surface area contributed by atoms with Gasteiger partial charge in [0.05, 0.1) is 104 Å². The zero-order valence-corrected chi connectivity index (χ0v) is 57.4. The molecule has 0 aliphatic carbocycles. The van der Waals surface area contributed by atoms with Crippen molar-refractivity contribution in [2.45, 2.75) is 160 Å². The lowest BCUT2D eigenvalue weighted by Gasteiger charge is -2.42. The van der Waals surface area contributed by atoms with Crippen molar-refractivity contribution in [3.8, 4) is 0 Å². The molecular formula is C53H107N2O34P4+. The predicted molar refractivity (Wildman–Crippen MR) is 324 cm³/mol. The summed E-state index contributed by atoms with van der Waals surface area (Å²) in [7, 11) is -15.2. The van der Waals surface area contributed by atoms with E-state index in [4.69, 9.17) is 83.9 Å². The molecular weight excluding hydrogens is 1330 g/mol. The van der Waals surface area contributed by atoms with Crippen LogP contribution in [0.5, 0.6) is 0 Å². The first-order valence-corrected chi connectivity index (χ1v) is 36.5. The Morgan fingerprint density at radius 2 is 1.02 bits per heavy atom. The van der Waals surface area contributed by atoms with Gasteiger partial charge < -0.3 is 108 Å². The molecule has 40 heteroatoms. The highest BCUT2D eigenvalue weighted by atomic mass is 31.2. The van der Waals surface area contributed by atoms with E-state index in [1.54, 1.807) is 7.11 Å². The normalized spacial score (nSPS) is 21.4. The van der Waals surface area contributed by atoms with Crippen molar-refractivity contribution in [3.05, 3.63) is 0 Å². The summed E-state index contributed by atoms with van der Waals surface area (Å²) in [6.45, 7) is 0.935. The molecule has 1 rings (SSSR count). The van der Waals surface area contributed by atoms with E-state index in [1.807, 2.05) is 0 Å². The zero-order valence-electron chi connectivity index (χ0n) is 53.8. The predicted octanol–water partition coefficient (Wildman–Crippen LogP) is 0.965. The van der Waals surface area contributed by atoms with Gasteiger partial charge in [0.1, 0.15) is 37.1 Å². The number of amides is 2. The molecule has 2 amide bonds. The Hall–Kier alpha value is -1.39. The number of rotatable bonds is 64. The molecule has 1 heterocycles. The van der Waals surface area contributed by atoms with E-state index < -0.39 is 124 Å². The number of phosphoric ester groups is 3. The fourth-order valence-corrected chi connectivity index (χ4v) is 10.9. The Morgan fingerprint density at radius 3 is 1.46 bits per heavy atom. The van der Waals surface area contributed by atoms with Gasteiger partial charge in [-0.1, -0.05) is 25.7 Å². The van der Waals surface area contributed by atoms with Crippen LogP contribution < -0.4 is 10.6 Å². The van der Waals surface area contributed by atoms with Crippen LogP contribution in [0, 0.1) is 11.3 Å². The lowest BCUT2D eigenvalue weighted by Crippen LogP contribution is -2.64. The maximum Gasteiger partial charge on any atom is 0.694 e. The molecule has 36 nitrogen and oxygen atoms in total. The van der Waals surface area contributed by atoms with Gasteiger partial charge in [0.2, 0.25) is 18.1 Å². The summed E-state index contributed by atoms with van der Waals surface area (Å²) in [4.78, 5) is 63.6. The summed E-state index contributed by atoms with van der Waals surface area (Å²) in [5.74, 6) is -1.37. The van der Waals surface area contributed by atoms with Gasteiger partial charge in [-0.05, 0) is 64.7 Å². The number of phosphoric acid groups is 3. The van der Waals surface area contributed by atoms with Gasteiger partial charge in [-0.15, -0.1) is 9.42 Å². The summed E-state index contributed by atoms with van der Waals surface area (Å²) in [6, 6.07) is -1.09. The van der Waals surface area contributed by atoms with Gasteiger partial charge in [0.25, 0.3) is 0 Å². The Morgan fingerprint density at radius 1 is 0.570 bits per heavy atom. The van der Waals surface area contributed by atoms with Crippen molar-refractivity contribution in [1.82, 2.24) is 10.6 Å². The van der Waals surface area contributed by atoms with Crippen molar-refractivity contribution < 1.29 is 162 Å². The number of carbonyl (C=O) groups is 2. The molecule has 15 atom stereocenters. The molecule has 1 saturated heterocycles. The SMILES string of the molecule is COCCCOCC(CO)COCCCOP(=O)(O)OCC(COCCCO[P+](=O)O)(COCCCOP(=O)(O)OCCCCCCOC1OC(CO)C(O)C(O)C1NC(C)=O)COCCCOP(=O)(O)OCCCCCCOC(OC(CO)[C@@H](C)O)[C@H](O)NC(C)=O. The minimum absolute atomic E-state index is 0.0335. The molecule has 93 heavy (non-hydrogen) atoms. The Balaban J connectivity index is 2.88. The first-order chi connectivity index (χ1) is 44.2. The second kappa shape index (κ2) is 53.5. The lowest BCUT2D eigenvalue weighted by atomic mass is 9.92. The van der Waals surface area contributed by atoms with Crippen molar-refractivity contribution in [1.29, 1.82) is 0 Å². The van der Waals surface area contributed by atoms with Crippen molar-refractivity contribution in [2.75, 3.05) is 159 Å².